The summed E-state index contributed by atoms with van der Waals surface area (Å²) < 4.78 is 5.77. The van der Waals surface area contributed by atoms with E-state index in [0.717, 1.165) is 16.5 Å². The topological polar surface area (TPSA) is 150 Å². The number of ether oxygens (including phenoxy) is 1. The van der Waals surface area contributed by atoms with Crippen molar-refractivity contribution in [3.8, 4) is 0 Å². The van der Waals surface area contributed by atoms with Crippen LogP contribution in [0.15, 0.2) is 36.4 Å². The van der Waals surface area contributed by atoms with Crippen LogP contribution in [0.1, 0.15) is 77.7 Å². The molecule has 5 bridgehead atoms. The van der Waals surface area contributed by atoms with Gasteiger partial charge in [0.15, 0.2) is 0 Å². The van der Waals surface area contributed by atoms with Gasteiger partial charge in [-0.1, -0.05) is 44.2 Å². The molecule has 3 N–H and O–H groups in total. The smallest absolute Gasteiger partial charge is 0.325 e. The third-order valence-corrected chi connectivity index (χ3v) is 8.11. The maximum atomic E-state index is 13.3. The van der Waals surface area contributed by atoms with Crippen molar-refractivity contribution in [3.05, 3.63) is 47.7 Å². The number of hydrazine groups is 1. The molecule has 3 heterocycles. The maximum absolute atomic E-state index is 13.3. The summed E-state index contributed by atoms with van der Waals surface area (Å²) in [5.74, 6) is -2.17. The summed E-state index contributed by atoms with van der Waals surface area (Å²) in [5.41, 5.74) is 5.25. The molecular weight excluding hydrogens is 576 g/mol. The number of esters is 1. The lowest BCUT2D eigenvalue weighted by Crippen LogP contribution is -2.61. The summed E-state index contributed by atoms with van der Waals surface area (Å²) in [4.78, 5) is 71.1. The SMILES string of the molecule is CC(=O)N1CC/C=C/c2ccc3ccc(nc3c2)[C@@H](C)OC(=O)[C@@H]2CCCN(N2)C(=O)[C@H](C)NC(=O)[C@H](C(C)C)NC(=O)CC1. The number of nitrogens with zero attached hydrogens (tertiary/aromatic N) is 3. The number of rotatable bonds is 1. The molecule has 1 saturated heterocycles. The van der Waals surface area contributed by atoms with Gasteiger partial charge in [0, 0.05) is 38.4 Å². The molecule has 2 aliphatic heterocycles. The van der Waals surface area contributed by atoms with Crippen LogP contribution in [0.2, 0.25) is 0 Å². The van der Waals surface area contributed by atoms with Crippen molar-refractivity contribution in [2.75, 3.05) is 19.6 Å². The zero-order valence-corrected chi connectivity index (χ0v) is 26.7. The standard InChI is InChI=1S/C33H44N6O6/c1-20(2)30-31(42)34-21(3)32(43)39-17-8-10-27(37-39)33(44)45-22(4)26-14-13-25-12-11-24(19-28(25)35-26)9-6-7-16-38(23(5)40)18-15-29(41)36-30/h6,9,11-14,19-22,27,30,37H,7-8,10,15-18H2,1-5H3,(H,34,42)(H,36,41)/b9-6+/t21-,22+,27-,30-/m0/s1. The largest absolute Gasteiger partial charge is 0.455 e. The van der Waals surface area contributed by atoms with E-state index in [2.05, 4.69) is 16.1 Å². The number of carbonyl (C=O) groups is 5. The lowest BCUT2D eigenvalue weighted by molar-refractivity contribution is -0.157. The van der Waals surface area contributed by atoms with Crippen LogP contribution in [0.4, 0.5) is 0 Å². The minimum Gasteiger partial charge on any atom is -0.455 e. The van der Waals surface area contributed by atoms with E-state index in [0.29, 0.717) is 38.0 Å². The molecule has 2 aliphatic rings. The second-order valence-corrected chi connectivity index (χ2v) is 12.0. The normalized spacial score (nSPS) is 25.4. The predicted octanol–water partition coefficient (Wildman–Crippen LogP) is 2.64. The van der Waals surface area contributed by atoms with Gasteiger partial charge in [-0.3, -0.25) is 29.0 Å². The lowest BCUT2D eigenvalue weighted by Gasteiger charge is -2.35. The highest BCUT2D eigenvalue weighted by molar-refractivity contribution is 5.92. The average Bonchev–Trinajstić information content (AvgIpc) is 3.01. The Morgan fingerprint density at radius 1 is 1.02 bits per heavy atom. The van der Waals surface area contributed by atoms with E-state index >= 15 is 0 Å². The van der Waals surface area contributed by atoms with Crippen molar-refractivity contribution in [1.29, 1.82) is 0 Å². The number of fused-ring (bicyclic) bond motifs is 4. The van der Waals surface area contributed by atoms with E-state index in [1.807, 2.05) is 42.5 Å². The van der Waals surface area contributed by atoms with Gasteiger partial charge in [0.1, 0.15) is 24.2 Å². The highest BCUT2D eigenvalue weighted by Gasteiger charge is 2.34. The summed E-state index contributed by atoms with van der Waals surface area (Å²) in [6, 6.07) is 7.13. The number of amides is 4. The number of aromatic nitrogens is 1. The molecule has 4 atom stereocenters. The second kappa shape index (κ2) is 15.1. The first-order valence-electron chi connectivity index (χ1n) is 15.6. The monoisotopic (exact) mass is 620 g/mol. The highest BCUT2D eigenvalue weighted by Crippen LogP contribution is 2.22. The molecule has 0 spiro atoms. The van der Waals surface area contributed by atoms with Crippen molar-refractivity contribution in [2.24, 2.45) is 5.92 Å². The quantitative estimate of drug-likeness (QED) is 0.412. The number of cyclic esters (lactones) is 1. The van der Waals surface area contributed by atoms with Gasteiger partial charge in [0.25, 0.3) is 5.91 Å². The molecule has 12 heteroatoms. The van der Waals surface area contributed by atoms with E-state index in [1.165, 1.54) is 11.9 Å². The Balaban J connectivity index is 1.59. The number of benzene rings is 1. The number of pyridine rings is 1. The molecule has 242 valence electrons. The lowest BCUT2D eigenvalue weighted by atomic mass is 10.0. The molecule has 1 fully saturated rings. The third kappa shape index (κ3) is 8.87. The van der Waals surface area contributed by atoms with Gasteiger partial charge in [-0.15, -0.1) is 0 Å². The van der Waals surface area contributed by atoms with E-state index in [-0.39, 0.29) is 30.7 Å². The summed E-state index contributed by atoms with van der Waals surface area (Å²) in [6.07, 6.45) is 4.96. The minimum absolute atomic E-state index is 0.0283. The van der Waals surface area contributed by atoms with Crippen molar-refractivity contribution in [3.63, 3.8) is 0 Å². The Kier molecular flexibility index (Phi) is 11.3. The van der Waals surface area contributed by atoms with Gasteiger partial charge in [0.05, 0.1) is 11.2 Å². The van der Waals surface area contributed by atoms with Crippen molar-refractivity contribution < 1.29 is 28.7 Å². The van der Waals surface area contributed by atoms with Gasteiger partial charge in [-0.2, -0.15) is 0 Å². The first-order chi connectivity index (χ1) is 21.4. The molecule has 0 unspecified atom stereocenters. The first kappa shape index (κ1) is 33.6. The molecule has 1 aromatic heterocycles. The summed E-state index contributed by atoms with van der Waals surface area (Å²) >= 11 is 0. The number of nitrogens with one attached hydrogen (secondary N) is 3. The van der Waals surface area contributed by atoms with E-state index < -0.39 is 42.0 Å². The Morgan fingerprint density at radius 2 is 1.78 bits per heavy atom. The fourth-order valence-corrected chi connectivity index (χ4v) is 5.40. The van der Waals surface area contributed by atoms with E-state index in [4.69, 9.17) is 9.72 Å². The fourth-order valence-electron chi connectivity index (χ4n) is 5.40. The Labute approximate surface area is 263 Å². The van der Waals surface area contributed by atoms with Crippen LogP contribution in [0.3, 0.4) is 0 Å². The van der Waals surface area contributed by atoms with Crippen LogP contribution < -0.4 is 16.1 Å². The molecule has 0 aliphatic carbocycles. The molecule has 0 saturated carbocycles. The zero-order valence-electron chi connectivity index (χ0n) is 26.7. The fraction of sp³-hybridized carbons (Fsp3) is 0.515. The van der Waals surface area contributed by atoms with Gasteiger partial charge in [-0.25, -0.2) is 10.4 Å². The molecule has 0 radical (unpaired) electrons. The van der Waals surface area contributed by atoms with Crippen LogP contribution in [0.25, 0.3) is 17.0 Å². The molecule has 4 rings (SSSR count). The first-order valence-corrected chi connectivity index (χ1v) is 15.6. The molecule has 4 amide bonds. The molecule has 2 aromatic rings. The van der Waals surface area contributed by atoms with Crippen LogP contribution in [0.5, 0.6) is 0 Å². The van der Waals surface area contributed by atoms with Gasteiger partial charge in [-0.05, 0) is 56.7 Å². The second-order valence-electron chi connectivity index (χ2n) is 12.0. The van der Waals surface area contributed by atoms with Crippen molar-refractivity contribution >= 4 is 46.6 Å². The van der Waals surface area contributed by atoms with E-state index in [9.17, 15) is 24.0 Å². The van der Waals surface area contributed by atoms with Crippen LogP contribution in [0, 0.1) is 5.92 Å². The van der Waals surface area contributed by atoms with Crippen LogP contribution in [-0.4, -0.2) is 82.3 Å². The summed E-state index contributed by atoms with van der Waals surface area (Å²) in [6.45, 7) is 9.38. The Hall–Kier alpha value is -4.32. The summed E-state index contributed by atoms with van der Waals surface area (Å²) in [5, 5.41) is 7.76. The van der Waals surface area contributed by atoms with E-state index in [1.54, 1.807) is 32.6 Å². The van der Waals surface area contributed by atoms with Crippen molar-refractivity contribution in [2.45, 2.75) is 84.5 Å². The van der Waals surface area contributed by atoms with Crippen LogP contribution >= 0.6 is 0 Å². The molecule has 45 heavy (non-hydrogen) atoms. The van der Waals surface area contributed by atoms with Gasteiger partial charge in [0.2, 0.25) is 17.7 Å². The zero-order chi connectivity index (χ0) is 32.7. The average molecular weight is 621 g/mol. The highest BCUT2D eigenvalue weighted by atomic mass is 16.5. The Morgan fingerprint density at radius 3 is 2.51 bits per heavy atom. The number of hydrogen-bond donors (Lipinski definition) is 3. The number of hydrogen-bond acceptors (Lipinski definition) is 8. The van der Waals surface area contributed by atoms with Gasteiger partial charge >= 0.3 is 5.97 Å². The minimum atomic E-state index is -0.917. The summed E-state index contributed by atoms with van der Waals surface area (Å²) in [7, 11) is 0. The molecule has 12 nitrogen and oxygen atoms in total. The van der Waals surface area contributed by atoms with Gasteiger partial charge < -0.3 is 20.3 Å². The maximum Gasteiger partial charge on any atom is 0.325 e. The predicted molar refractivity (Wildman–Crippen MR) is 169 cm³/mol. The van der Waals surface area contributed by atoms with Crippen LogP contribution in [-0.2, 0) is 28.7 Å². The van der Waals surface area contributed by atoms with Crippen molar-refractivity contribution in [1.82, 2.24) is 31.0 Å². The Bertz CT molecular complexity index is 1460. The molecule has 1 aromatic carbocycles. The number of carbonyl (C=O) groups excluding carboxylic acids is 5. The third-order valence-electron chi connectivity index (χ3n) is 8.11. The molecular formula is C33H44N6O6.